The molecule has 6 rings (SSSR count). The van der Waals surface area contributed by atoms with E-state index in [2.05, 4.69) is 5.32 Å². The average Bonchev–Trinajstić information content (AvgIpc) is 3.73. The number of fused-ring (bicyclic) bond motifs is 1. The van der Waals surface area contributed by atoms with Crippen LogP contribution in [-0.2, 0) is 14.8 Å². The Morgan fingerprint density at radius 3 is 2.32 bits per heavy atom. The molecule has 3 atom stereocenters. The second kappa shape index (κ2) is 11.4. The minimum atomic E-state index is -3.68. The Hall–Kier alpha value is -4.25. The molecule has 2 amide bonds. The third kappa shape index (κ3) is 5.56. The lowest BCUT2D eigenvalue weighted by Gasteiger charge is -2.35. The van der Waals surface area contributed by atoms with Crippen molar-refractivity contribution in [2.45, 2.75) is 31.1 Å². The summed E-state index contributed by atoms with van der Waals surface area (Å²) in [5, 5.41) is 3.14. The van der Waals surface area contributed by atoms with Gasteiger partial charge in [0.15, 0.2) is 0 Å². The number of hydrogen-bond donors (Lipinski definition) is 1. The first-order valence-corrected chi connectivity index (χ1v) is 16.4. The van der Waals surface area contributed by atoms with E-state index >= 15 is 0 Å². The number of hydrogen-bond acceptors (Lipinski definition) is 5. The Labute approximate surface area is 254 Å². The van der Waals surface area contributed by atoms with Crippen LogP contribution in [0.1, 0.15) is 52.6 Å². The summed E-state index contributed by atoms with van der Waals surface area (Å²) in [6.07, 6.45) is 3.25. The van der Waals surface area contributed by atoms with Gasteiger partial charge in [-0.15, -0.1) is 0 Å². The molecule has 2 heterocycles. The van der Waals surface area contributed by atoms with Gasteiger partial charge in [-0.1, -0.05) is 12.1 Å². The Kier molecular flexibility index (Phi) is 7.69. The lowest BCUT2D eigenvalue weighted by Crippen LogP contribution is -2.40. The summed E-state index contributed by atoms with van der Waals surface area (Å²) < 4.78 is 60.0. The van der Waals surface area contributed by atoms with Gasteiger partial charge >= 0.3 is 0 Å². The van der Waals surface area contributed by atoms with Crippen LogP contribution < -0.4 is 9.62 Å². The molecule has 230 valence electrons. The van der Waals surface area contributed by atoms with Crippen molar-refractivity contribution in [2.24, 2.45) is 5.92 Å². The first kappa shape index (κ1) is 29.8. The maximum Gasteiger partial charge on any atom is 0.255 e. The number of piperidine rings is 1. The fourth-order valence-electron chi connectivity index (χ4n) is 6.29. The molecule has 0 bridgehead atoms. The number of sulfonamides is 1. The van der Waals surface area contributed by atoms with Gasteiger partial charge in [0.25, 0.3) is 5.91 Å². The van der Waals surface area contributed by atoms with Crippen LogP contribution in [0.5, 0.6) is 0 Å². The maximum absolute atomic E-state index is 13.7. The van der Waals surface area contributed by atoms with E-state index in [1.807, 2.05) is 4.90 Å². The smallest absolute Gasteiger partial charge is 0.255 e. The third-order valence-corrected chi connectivity index (χ3v) is 10.0. The molecule has 3 unspecified atom stereocenters. The number of furan rings is 1. The van der Waals surface area contributed by atoms with E-state index in [-0.39, 0.29) is 40.8 Å². The minimum absolute atomic E-state index is 0.0380. The molecule has 1 saturated heterocycles. The van der Waals surface area contributed by atoms with Crippen molar-refractivity contribution in [2.75, 3.05) is 37.7 Å². The second-order valence-electron chi connectivity index (χ2n) is 11.7. The van der Waals surface area contributed by atoms with Crippen LogP contribution in [0.2, 0.25) is 0 Å². The fraction of sp³-hybridized carbons (Fsp3) is 0.333. The number of likely N-dealkylation sites (tertiary alicyclic amines) is 1. The highest BCUT2D eigenvalue weighted by Gasteiger charge is 2.46. The molecule has 1 aliphatic carbocycles. The fourth-order valence-corrected chi connectivity index (χ4v) is 6.81. The SMILES string of the molecule is CNC(=O)c1c(-c2ccc(F)cc2)oc2cc(N(C)S(C)(=O)=O)c(C3CCCN(C(=O)C4CC4c4ccc(F)cc4)C3)cc12. The third-order valence-electron chi connectivity index (χ3n) is 8.81. The van der Waals surface area contributed by atoms with Crippen LogP contribution in [0.25, 0.3) is 22.3 Å². The molecule has 44 heavy (non-hydrogen) atoms. The van der Waals surface area contributed by atoms with Crippen LogP contribution >= 0.6 is 0 Å². The number of amides is 2. The second-order valence-corrected chi connectivity index (χ2v) is 13.7. The monoisotopic (exact) mass is 621 g/mol. The van der Waals surface area contributed by atoms with Gasteiger partial charge in [0.05, 0.1) is 17.5 Å². The van der Waals surface area contributed by atoms with Gasteiger partial charge in [0.2, 0.25) is 15.9 Å². The molecule has 0 spiro atoms. The van der Waals surface area contributed by atoms with Gasteiger partial charge in [0, 0.05) is 56.0 Å². The molecule has 2 aliphatic rings. The normalized spacial score (nSPS) is 20.0. The number of nitrogens with one attached hydrogen (secondary N) is 1. The predicted molar refractivity (Wildman–Crippen MR) is 164 cm³/mol. The Balaban J connectivity index is 1.39. The van der Waals surface area contributed by atoms with Crippen molar-refractivity contribution in [1.29, 1.82) is 0 Å². The van der Waals surface area contributed by atoms with Gasteiger partial charge in [-0.3, -0.25) is 13.9 Å². The highest BCUT2D eigenvalue weighted by molar-refractivity contribution is 7.92. The van der Waals surface area contributed by atoms with E-state index in [4.69, 9.17) is 4.42 Å². The number of nitrogens with zero attached hydrogens (tertiary/aromatic N) is 2. The molecule has 8 nitrogen and oxygen atoms in total. The summed E-state index contributed by atoms with van der Waals surface area (Å²) in [6, 6.07) is 15.3. The van der Waals surface area contributed by atoms with E-state index in [9.17, 15) is 26.8 Å². The molecule has 1 N–H and O–H groups in total. The minimum Gasteiger partial charge on any atom is -0.455 e. The lowest BCUT2D eigenvalue weighted by atomic mass is 9.87. The van der Waals surface area contributed by atoms with E-state index in [0.29, 0.717) is 53.7 Å². The Morgan fingerprint density at radius 2 is 1.68 bits per heavy atom. The molecule has 1 saturated carbocycles. The number of rotatable bonds is 7. The van der Waals surface area contributed by atoms with Crippen LogP contribution in [0.15, 0.2) is 65.1 Å². The zero-order valence-electron chi connectivity index (χ0n) is 24.6. The molecule has 1 aliphatic heterocycles. The lowest BCUT2D eigenvalue weighted by molar-refractivity contribution is -0.133. The number of carbonyl (C=O) groups excluding carboxylic acids is 2. The van der Waals surface area contributed by atoms with Gasteiger partial charge in [0.1, 0.15) is 23.0 Å². The first-order valence-electron chi connectivity index (χ1n) is 14.5. The molecule has 1 aromatic heterocycles. The summed E-state index contributed by atoms with van der Waals surface area (Å²) in [6.45, 7) is 0.977. The molecule has 11 heteroatoms. The number of anilines is 1. The van der Waals surface area contributed by atoms with Crippen molar-refractivity contribution < 1.29 is 31.2 Å². The van der Waals surface area contributed by atoms with Crippen LogP contribution in [-0.4, -0.2) is 58.6 Å². The van der Waals surface area contributed by atoms with Crippen molar-refractivity contribution in [3.8, 4) is 11.3 Å². The van der Waals surface area contributed by atoms with E-state index in [1.165, 1.54) is 54.8 Å². The Morgan fingerprint density at radius 1 is 1.02 bits per heavy atom. The molecule has 4 aromatic rings. The number of carbonyl (C=O) groups is 2. The summed E-state index contributed by atoms with van der Waals surface area (Å²) in [4.78, 5) is 28.6. The number of halogens is 2. The van der Waals surface area contributed by atoms with Crippen molar-refractivity contribution in [3.63, 3.8) is 0 Å². The van der Waals surface area contributed by atoms with Crippen molar-refractivity contribution >= 4 is 38.5 Å². The van der Waals surface area contributed by atoms with Gasteiger partial charge in [-0.2, -0.15) is 0 Å². The number of benzene rings is 3. The Bertz CT molecular complexity index is 1860. The molecule has 2 fully saturated rings. The van der Waals surface area contributed by atoms with Gasteiger partial charge in [-0.25, -0.2) is 17.2 Å². The van der Waals surface area contributed by atoms with Crippen LogP contribution in [0.3, 0.4) is 0 Å². The van der Waals surface area contributed by atoms with Crippen molar-refractivity contribution in [1.82, 2.24) is 10.2 Å². The standard InChI is InChI=1S/C33H33F2N3O5S/c1-36-32(39)30-27-16-25(21-5-4-14-38(18-21)33(40)26-15-24(26)19-6-10-22(34)11-7-19)28(37(2)44(3,41)42)17-29(27)43-31(30)20-8-12-23(35)13-9-20/h6-13,16-17,21,24,26H,4-5,14-15,18H2,1-3H3,(H,36,39). The zero-order valence-corrected chi connectivity index (χ0v) is 25.5. The average molecular weight is 622 g/mol. The summed E-state index contributed by atoms with van der Waals surface area (Å²) in [7, 11) is -0.709. The highest BCUT2D eigenvalue weighted by atomic mass is 32.2. The van der Waals surface area contributed by atoms with Crippen molar-refractivity contribution in [3.05, 3.63) is 89.0 Å². The quantitative estimate of drug-likeness (QED) is 0.288. The summed E-state index contributed by atoms with van der Waals surface area (Å²) >= 11 is 0. The molecule has 0 radical (unpaired) electrons. The van der Waals surface area contributed by atoms with E-state index < -0.39 is 21.7 Å². The van der Waals surface area contributed by atoms with E-state index in [1.54, 1.807) is 24.3 Å². The van der Waals surface area contributed by atoms with Gasteiger partial charge < -0.3 is 14.6 Å². The molecular formula is C33H33F2N3O5S. The van der Waals surface area contributed by atoms with Crippen LogP contribution in [0, 0.1) is 17.6 Å². The van der Waals surface area contributed by atoms with E-state index in [0.717, 1.165) is 18.2 Å². The largest absolute Gasteiger partial charge is 0.455 e. The maximum atomic E-state index is 13.7. The molecule has 3 aromatic carbocycles. The summed E-state index contributed by atoms with van der Waals surface area (Å²) in [5.74, 6) is -1.20. The first-order chi connectivity index (χ1) is 21.0. The van der Waals surface area contributed by atoms with Gasteiger partial charge in [-0.05, 0) is 78.8 Å². The highest BCUT2D eigenvalue weighted by Crippen LogP contribution is 2.49. The predicted octanol–water partition coefficient (Wildman–Crippen LogP) is 5.64. The van der Waals surface area contributed by atoms with Crippen LogP contribution in [0.4, 0.5) is 14.5 Å². The molecular weight excluding hydrogens is 588 g/mol. The topological polar surface area (TPSA) is 99.9 Å². The zero-order chi connectivity index (χ0) is 31.3. The summed E-state index contributed by atoms with van der Waals surface area (Å²) in [5.41, 5.74) is 3.09.